The maximum Gasteiger partial charge on any atom is 0.313 e. The molecule has 5 heteroatoms. The molecule has 18 heavy (non-hydrogen) atoms. The molecule has 5 nitrogen and oxygen atoms in total. The number of nitriles is 1. The van der Waals surface area contributed by atoms with E-state index in [2.05, 4.69) is 4.98 Å². The molecular weight excluding hydrogens is 230 g/mol. The molecule has 0 unspecified atom stereocenters. The van der Waals surface area contributed by atoms with Crippen LogP contribution in [0.25, 0.3) is 0 Å². The summed E-state index contributed by atoms with van der Waals surface area (Å²) < 4.78 is 6.90. The van der Waals surface area contributed by atoms with E-state index in [0.717, 1.165) is 0 Å². The lowest BCUT2D eigenvalue weighted by Crippen LogP contribution is -2.20. The first-order valence-corrected chi connectivity index (χ1v) is 5.48. The van der Waals surface area contributed by atoms with Crippen LogP contribution in [0, 0.1) is 11.3 Å². The highest BCUT2D eigenvalue weighted by Crippen LogP contribution is 2.16. The van der Waals surface area contributed by atoms with Gasteiger partial charge in [0.05, 0.1) is 11.6 Å². The highest BCUT2D eigenvalue weighted by Gasteiger charge is 2.06. The van der Waals surface area contributed by atoms with Crippen LogP contribution in [-0.4, -0.2) is 9.55 Å². The molecule has 0 amide bonds. The summed E-state index contributed by atoms with van der Waals surface area (Å²) in [7, 11) is 0. The molecule has 0 saturated heterocycles. The van der Waals surface area contributed by atoms with E-state index in [0.29, 0.717) is 17.9 Å². The Labute approximate surface area is 104 Å². The van der Waals surface area contributed by atoms with Gasteiger partial charge in [0, 0.05) is 18.9 Å². The molecule has 0 aliphatic carbocycles. The molecule has 0 atom stereocenters. The zero-order chi connectivity index (χ0) is 13.0. The third-order valence-corrected chi connectivity index (χ3v) is 2.42. The molecule has 0 bridgehead atoms. The number of benzene rings is 1. The third-order valence-electron chi connectivity index (χ3n) is 2.42. The summed E-state index contributed by atoms with van der Waals surface area (Å²) in [5.74, 6) is 0.511. The molecule has 0 radical (unpaired) electrons. The summed E-state index contributed by atoms with van der Waals surface area (Å²) in [6, 6.07) is 8.51. The van der Waals surface area contributed by atoms with Crippen molar-refractivity contribution in [3.63, 3.8) is 0 Å². The monoisotopic (exact) mass is 241 g/mol. The summed E-state index contributed by atoms with van der Waals surface area (Å²) in [4.78, 5) is 15.8. The van der Waals surface area contributed by atoms with Gasteiger partial charge in [-0.3, -0.25) is 4.79 Å². The molecule has 1 heterocycles. The van der Waals surface area contributed by atoms with Gasteiger partial charge in [0.15, 0.2) is 0 Å². The molecule has 90 valence electrons. The van der Waals surface area contributed by atoms with E-state index in [1.165, 1.54) is 10.8 Å². The average Bonchev–Trinajstić information content (AvgIpc) is 2.42. The number of aryl methyl sites for hydroxylation is 1. The molecule has 0 spiro atoms. The summed E-state index contributed by atoms with van der Waals surface area (Å²) in [6.45, 7) is 2.43. The molecule has 1 aromatic carbocycles. The van der Waals surface area contributed by atoms with E-state index in [9.17, 15) is 4.79 Å². The maximum absolute atomic E-state index is 11.9. The van der Waals surface area contributed by atoms with Crippen molar-refractivity contribution in [1.29, 1.82) is 5.26 Å². The number of hydrogen-bond acceptors (Lipinski definition) is 4. The fourth-order valence-electron chi connectivity index (χ4n) is 1.46. The van der Waals surface area contributed by atoms with Crippen molar-refractivity contribution >= 4 is 0 Å². The topological polar surface area (TPSA) is 67.9 Å². The van der Waals surface area contributed by atoms with Crippen molar-refractivity contribution in [2.24, 2.45) is 0 Å². The maximum atomic E-state index is 11.9. The first-order valence-electron chi connectivity index (χ1n) is 5.48. The molecule has 1 aromatic heterocycles. The van der Waals surface area contributed by atoms with Crippen LogP contribution in [0.1, 0.15) is 12.5 Å². The normalized spacial score (nSPS) is 9.78. The lowest BCUT2D eigenvalue weighted by molar-refractivity contribution is 0.445. The molecule has 0 aliphatic heterocycles. The van der Waals surface area contributed by atoms with Gasteiger partial charge in [0.2, 0.25) is 0 Å². The lowest BCUT2D eigenvalue weighted by atomic mass is 10.2. The highest BCUT2D eigenvalue weighted by atomic mass is 16.5. The van der Waals surface area contributed by atoms with E-state index < -0.39 is 0 Å². The summed E-state index contributed by atoms with van der Waals surface area (Å²) in [6.07, 6.45) is 3.12. The van der Waals surface area contributed by atoms with Crippen molar-refractivity contribution in [3.8, 4) is 17.7 Å². The van der Waals surface area contributed by atoms with Crippen molar-refractivity contribution in [1.82, 2.24) is 9.55 Å². The van der Waals surface area contributed by atoms with Gasteiger partial charge in [-0.25, -0.2) is 4.98 Å². The van der Waals surface area contributed by atoms with Crippen LogP contribution in [0.15, 0.2) is 41.5 Å². The van der Waals surface area contributed by atoms with Crippen LogP contribution in [0.2, 0.25) is 0 Å². The van der Waals surface area contributed by atoms with Crippen LogP contribution >= 0.6 is 0 Å². The molecule has 0 saturated carbocycles. The second kappa shape index (κ2) is 5.15. The average molecular weight is 241 g/mol. The Hall–Kier alpha value is -2.61. The minimum Gasteiger partial charge on any atom is -0.435 e. The standard InChI is InChI=1S/C13H11N3O2/c1-2-16-8-7-15-12(13(16)17)18-11-5-3-10(9-14)4-6-11/h3-8H,2H2,1H3. The molecule has 0 N–H and O–H groups in total. The molecular formula is C13H11N3O2. The van der Waals surface area contributed by atoms with Crippen molar-refractivity contribution in [3.05, 3.63) is 52.6 Å². The zero-order valence-electron chi connectivity index (χ0n) is 9.83. The molecule has 0 fully saturated rings. The second-order valence-corrected chi connectivity index (χ2v) is 3.56. The Balaban J connectivity index is 2.29. The van der Waals surface area contributed by atoms with E-state index in [1.54, 1.807) is 30.5 Å². The summed E-state index contributed by atoms with van der Waals surface area (Å²) in [5, 5.41) is 8.67. The zero-order valence-corrected chi connectivity index (χ0v) is 9.83. The predicted octanol–water partition coefficient (Wildman–Crippen LogP) is 1.93. The van der Waals surface area contributed by atoms with Gasteiger partial charge in [-0.1, -0.05) is 0 Å². The number of rotatable bonds is 3. The predicted molar refractivity (Wildman–Crippen MR) is 65.4 cm³/mol. The Bertz CT molecular complexity index is 639. The third kappa shape index (κ3) is 2.38. The quantitative estimate of drug-likeness (QED) is 0.823. The van der Waals surface area contributed by atoms with Gasteiger partial charge in [-0.2, -0.15) is 5.26 Å². The first-order chi connectivity index (χ1) is 8.74. The van der Waals surface area contributed by atoms with E-state index in [-0.39, 0.29) is 11.4 Å². The molecule has 0 aliphatic rings. The Kier molecular flexibility index (Phi) is 3.39. The van der Waals surface area contributed by atoms with Crippen molar-refractivity contribution in [2.75, 3.05) is 0 Å². The second-order valence-electron chi connectivity index (χ2n) is 3.56. The molecule has 2 rings (SSSR count). The fourth-order valence-corrected chi connectivity index (χ4v) is 1.46. The molecule has 2 aromatic rings. The van der Waals surface area contributed by atoms with Gasteiger partial charge in [0.25, 0.3) is 5.88 Å². The number of aromatic nitrogens is 2. The largest absolute Gasteiger partial charge is 0.435 e. The smallest absolute Gasteiger partial charge is 0.313 e. The van der Waals surface area contributed by atoms with Crippen LogP contribution < -0.4 is 10.3 Å². The first kappa shape index (κ1) is 11.9. The number of ether oxygens (including phenoxy) is 1. The van der Waals surface area contributed by atoms with Gasteiger partial charge in [-0.05, 0) is 31.2 Å². The number of hydrogen-bond donors (Lipinski definition) is 0. The highest BCUT2D eigenvalue weighted by molar-refractivity contribution is 5.35. The fraction of sp³-hybridized carbons (Fsp3) is 0.154. The summed E-state index contributed by atoms with van der Waals surface area (Å²) in [5.41, 5.74) is 0.263. The van der Waals surface area contributed by atoms with Gasteiger partial charge >= 0.3 is 5.56 Å². The minimum absolute atomic E-state index is 0.0315. The van der Waals surface area contributed by atoms with Gasteiger partial charge in [-0.15, -0.1) is 0 Å². The minimum atomic E-state index is -0.274. The van der Waals surface area contributed by atoms with Crippen LogP contribution in [0.4, 0.5) is 0 Å². The van der Waals surface area contributed by atoms with Crippen LogP contribution in [0.3, 0.4) is 0 Å². The van der Waals surface area contributed by atoms with Crippen LogP contribution in [0.5, 0.6) is 11.6 Å². The summed E-state index contributed by atoms with van der Waals surface area (Å²) >= 11 is 0. The van der Waals surface area contributed by atoms with Gasteiger partial charge < -0.3 is 9.30 Å². The SMILES string of the molecule is CCn1ccnc(Oc2ccc(C#N)cc2)c1=O. The Morgan fingerprint density at radius 3 is 2.72 bits per heavy atom. The van der Waals surface area contributed by atoms with E-state index >= 15 is 0 Å². The van der Waals surface area contributed by atoms with E-state index in [4.69, 9.17) is 10.00 Å². The van der Waals surface area contributed by atoms with Crippen LogP contribution in [-0.2, 0) is 6.54 Å². The lowest BCUT2D eigenvalue weighted by Gasteiger charge is -2.06. The van der Waals surface area contributed by atoms with Crippen molar-refractivity contribution in [2.45, 2.75) is 13.5 Å². The van der Waals surface area contributed by atoms with E-state index in [1.807, 2.05) is 13.0 Å². The Morgan fingerprint density at radius 1 is 1.39 bits per heavy atom. The van der Waals surface area contributed by atoms with Gasteiger partial charge in [0.1, 0.15) is 5.75 Å². The van der Waals surface area contributed by atoms with Crippen molar-refractivity contribution < 1.29 is 4.74 Å². The number of nitrogens with zero attached hydrogens (tertiary/aromatic N) is 3. The Morgan fingerprint density at radius 2 is 2.11 bits per heavy atom.